The van der Waals surface area contributed by atoms with Gasteiger partial charge in [0.25, 0.3) is 5.56 Å². The zero-order chi connectivity index (χ0) is 11.4. The third-order valence-corrected chi connectivity index (χ3v) is 2.28. The first-order valence-corrected chi connectivity index (χ1v) is 5.03. The van der Waals surface area contributed by atoms with Crippen molar-refractivity contribution in [1.82, 2.24) is 4.57 Å². The minimum absolute atomic E-state index is 0.0105. The lowest BCUT2D eigenvalue weighted by molar-refractivity contribution is -0.137. The normalized spacial score (nSPS) is 10.3. The van der Waals surface area contributed by atoms with Gasteiger partial charge in [0.2, 0.25) is 0 Å². The highest BCUT2D eigenvalue weighted by molar-refractivity contribution is 6.34. The van der Waals surface area contributed by atoms with Crippen LogP contribution in [0.2, 0.25) is 10.0 Å². The van der Waals surface area contributed by atoms with Crippen molar-refractivity contribution < 1.29 is 9.90 Å². The number of hydrogen-bond acceptors (Lipinski definition) is 2. The van der Waals surface area contributed by atoms with E-state index < -0.39 is 5.97 Å². The van der Waals surface area contributed by atoms with Crippen molar-refractivity contribution in [3.8, 4) is 0 Å². The Morgan fingerprint density at radius 1 is 1.47 bits per heavy atom. The summed E-state index contributed by atoms with van der Waals surface area (Å²) >= 11 is 11.3. The molecule has 0 aliphatic carbocycles. The van der Waals surface area contributed by atoms with Gasteiger partial charge in [0.15, 0.2) is 0 Å². The molecule has 1 aromatic heterocycles. The van der Waals surface area contributed by atoms with Crippen LogP contribution in [0.5, 0.6) is 0 Å². The molecule has 0 aromatic carbocycles. The number of aliphatic carboxylic acids is 1. The fourth-order valence-corrected chi connectivity index (χ4v) is 1.64. The molecule has 0 saturated carbocycles. The van der Waals surface area contributed by atoms with Gasteiger partial charge in [-0.15, -0.1) is 0 Å². The number of carbonyl (C=O) groups is 1. The molecule has 0 aliphatic heterocycles. The number of nitrogens with zero attached hydrogens (tertiary/aromatic N) is 1. The van der Waals surface area contributed by atoms with E-state index in [1.54, 1.807) is 0 Å². The summed E-state index contributed by atoms with van der Waals surface area (Å²) in [6, 6.07) is 1.36. The first kappa shape index (κ1) is 12.1. The molecule has 0 radical (unpaired) electrons. The second-order valence-electron chi connectivity index (χ2n) is 3.00. The molecular weight excluding hydrogens is 241 g/mol. The predicted octanol–water partition coefficient (Wildman–Crippen LogP) is 2.02. The summed E-state index contributed by atoms with van der Waals surface area (Å²) in [6.07, 6.45) is 1.82. The number of aryl methyl sites for hydroxylation is 1. The molecule has 6 heteroatoms. The maximum atomic E-state index is 11.4. The minimum Gasteiger partial charge on any atom is -0.481 e. The monoisotopic (exact) mass is 249 g/mol. The molecule has 1 heterocycles. The van der Waals surface area contributed by atoms with Gasteiger partial charge in [-0.05, 0) is 12.5 Å². The molecule has 0 spiro atoms. The van der Waals surface area contributed by atoms with Gasteiger partial charge in [-0.1, -0.05) is 23.2 Å². The van der Waals surface area contributed by atoms with E-state index in [0.717, 1.165) is 0 Å². The number of aromatic nitrogens is 1. The third kappa shape index (κ3) is 3.57. The Kier molecular flexibility index (Phi) is 4.17. The Bertz CT molecular complexity index is 428. The maximum absolute atomic E-state index is 11.4. The lowest BCUT2D eigenvalue weighted by atomic mass is 10.3. The van der Waals surface area contributed by atoms with Gasteiger partial charge in [-0.25, -0.2) is 0 Å². The number of carboxylic acid groups (broad SMARTS) is 1. The van der Waals surface area contributed by atoms with Crippen molar-refractivity contribution in [2.24, 2.45) is 0 Å². The second-order valence-corrected chi connectivity index (χ2v) is 3.85. The summed E-state index contributed by atoms with van der Waals surface area (Å²) in [5.74, 6) is -0.892. The van der Waals surface area contributed by atoms with Crippen LogP contribution in [0.3, 0.4) is 0 Å². The SMILES string of the molecule is O=C(O)CCCn1cc(Cl)cc(Cl)c1=O. The maximum Gasteiger partial charge on any atom is 0.303 e. The molecular formula is C9H9Cl2NO3. The van der Waals surface area contributed by atoms with Crippen LogP contribution in [0.25, 0.3) is 0 Å². The zero-order valence-electron chi connectivity index (χ0n) is 7.74. The average molecular weight is 250 g/mol. The van der Waals surface area contributed by atoms with E-state index in [0.29, 0.717) is 18.0 Å². The predicted molar refractivity (Wildman–Crippen MR) is 57.6 cm³/mol. The summed E-state index contributed by atoms with van der Waals surface area (Å²) in [5.41, 5.74) is -0.355. The molecule has 0 atom stereocenters. The van der Waals surface area contributed by atoms with Gasteiger partial charge in [-0.2, -0.15) is 0 Å². The van der Waals surface area contributed by atoms with E-state index in [1.165, 1.54) is 16.8 Å². The molecule has 1 rings (SSSR count). The molecule has 0 bridgehead atoms. The lowest BCUT2D eigenvalue weighted by Crippen LogP contribution is -2.20. The largest absolute Gasteiger partial charge is 0.481 e. The van der Waals surface area contributed by atoms with Crippen molar-refractivity contribution in [3.05, 3.63) is 32.7 Å². The standard InChI is InChI=1S/C9H9Cl2NO3/c10-6-4-7(11)9(15)12(5-6)3-1-2-8(13)14/h4-5H,1-3H2,(H,13,14). The van der Waals surface area contributed by atoms with Crippen LogP contribution in [0.1, 0.15) is 12.8 Å². The van der Waals surface area contributed by atoms with Gasteiger partial charge < -0.3 is 9.67 Å². The summed E-state index contributed by atoms with van der Waals surface area (Å²) in [4.78, 5) is 21.7. The van der Waals surface area contributed by atoms with Gasteiger partial charge >= 0.3 is 5.97 Å². The molecule has 0 amide bonds. The van der Waals surface area contributed by atoms with Crippen LogP contribution in [0.15, 0.2) is 17.1 Å². The molecule has 0 saturated heterocycles. The molecule has 1 N–H and O–H groups in total. The highest BCUT2D eigenvalue weighted by Crippen LogP contribution is 2.11. The van der Waals surface area contributed by atoms with Crippen molar-refractivity contribution in [2.75, 3.05) is 0 Å². The third-order valence-electron chi connectivity index (χ3n) is 1.80. The average Bonchev–Trinajstić information content (AvgIpc) is 2.12. The van der Waals surface area contributed by atoms with E-state index in [9.17, 15) is 9.59 Å². The van der Waals surface area contributed by atoms with Crippen molar-refractivity contribution in [1.29, 1.82) is 0 Å². The van der Waals surface area contributed by atoms with Gasteiger partial charge in [0.1, 0.15) is 5.02 Å². The van der Waals surface area contributed by atoms with Crippen molar-refractivity contribution in [2.45, 2.75) is 19.4 Å². The van der Waals surface area contributed by atoms with Gasteiger partial charge in [0, 0.05) is 19.2 Å². The van der Waals surface area contributed by atoms with Gasteiger partial charge in [-0.3, -0.25) is 9.59 Å². The first-order chi connectivity index (χ1) is 7.00. The Morgan fingerprint density at radius 3 is 2.73 bits per heavy atom. The van der Waals surface area contributed by atoms with Crippen molar-refractivity contribution in [3.63, 3.8) is 0 Å². The topological polar surface area (TPSA) is 59.3 Å². The minimum atomic E-state index is -0.892. The number of rotatable bonds is 4. The van der Waals surface area contributed by atoms with Crippen LogP contribution >= 0.6 is 23.2 Å². The molecule has 0 fully saturated rings. The van der Waals surface area contributed by atoms with E-state index in [1.807, 2.05) is 0 Å². The van der Waals surface area contributed by atoms with Crippen LogP contribution in [-0.2, 0) is 11.3 Å². The summed E-state index contributed by atoms with van der Waals surface area (Å²) in [6.45, 7) is 0.297. The summed E-state index contributed by atoms with van der Waals surface area (Å²) in [7, 11) is 0. The zero-order valence-corrected chi connectivity index (χ0v) is 9.25. The Balaban J connectivity index is 2.77. The quantitative estimate of drug-likeness (QED) is 0.889. The molecule has 82 valence electrons. The Hall–Kier alpha value is -1.00. The molecule has 15 heavy (non-hydrogen) atoms. The van der Waals surface area contributed by atoms with E-state index in [-0.39, 0.29) is 17.0 Å². The molecule has 4 nitrogen and oxygen atoms in total. The Morgan fingerprint density at radius 2 is 2.13 bits per heavy atom. The lowest BCUT2D eigenvalue weighted by Gasteiger charge is -2.05. The Labute approximate surface area is 96.0 Å². The number of hydrogen-bond donors (Lipinski definition) is 1. The molecule has 0 aliphatic rings. The molecule has 0 unspecified atom stereocenters. The van der Waals surface area contributed by atoms with Crippen LogP contribution < -0.4 is 5.56 Å². The number of halogens is 2. The highest BCUT2D eigenvalue weighted by atomic mass is 35.5. The highest BCUT2D eigenvalue weighted by Gasteiger charge is 2.04. The van der Waals surface area contributed by atoms with E-state index in [2.05, 4.69) is 0 Å². The number of carboxylic acids is 1. The fourth-order valence-electron chi connectivity index (χ4n) is 1.13. The van der Waals surface area contributed by atoms with E-state index >= 15 is 0 Å². The van der Waals surface area contributed by atoms with E-state index in [4.69, 9.17) is 28.3 Å². The van der Waals surface area contributed by atoms with Crippen LogP contribution in [-0.4, -0.2) is 15.6 Å². The van der Waals surface area contributed by atoms with Crippen LogP contribution in [0.4, 0.5) is 0 Å². The summed E-state index contributed by atoms with van der Waals surface area (Å²) < 4.78 is 1.31. The second kappa shape index (κ2) is 5.19. The summed E-state index contributed by atoms with van der Waals surface area (Å²) in [5, 5.41) is 8.83. The molecule has 1 aromatic rings. The first-order valence-electron chi connectivity index (χ1n) is 4.28. The smallest absolute Gasteiger partial charge is 0.303 e. The number of pyridine rings is 1. The van der Waals surface area contributed by atoms with Crippen LogP contribution in [0, 0.1) is 0 Å². The van der Waals surface area contributed by atoms with Crippen molar-refractivity contribution >= 4 is 29.2 Å². The fraction of sp³-hybridized carbons (Fsp3) is 0.333. The van der Waals surface area contributed by atoms with Gasteiger partial charge in [0.05, 0.1) is 5.02 Å².